The molecule has 0 aliphatic heterocycles. The fourth-order valence-electron chi connectivity index (χ4n) is 1.43. The predicted molar refractivity (Wildman–Crippen MR) is 67.3 cm³/mol. The standard InChI is InChI=1S/C12H11N3O4/c1-7-5-10(15-19-7)14-12(18)13-9-4-2-3-8(6-9)11(16)17/h2-6H,1H3,(H,16,17)(H2,13,14,15,18). The number of carboxylic acids is 1. The molecule has 0 bridgehead atoms. The van der Waals surface area contributed by atoms with Gasteiger partial charge in [0.05, 0.1) is 5.56 Å². The lowest BCUT2D eigenvalue weighted by Crippen LogP contribution is -2.19. The third-order valence-electron chi connectivity index (χ3n) is 2.24. The average Bonchev–Trinajstić information content (AvgIpc) is 2.74. The number of rotatable bonds is 3. The summed E-state index contributed by atoms with van der Waals surface area (Å²) in [7, 11) is 0. The molecule has 0 fully saturated rings. The number of anilines is 2. The molecule has 0 spiro atoms. The van der Waals surface area contributed by atoms with Gasteiger partial charge in [-0.05, 0) is 25.1 Å². The minimum Gasteiger partial charge on any atom is -0.478 e. The Hall–Kier alpha value is -2.83. The molecule has 0 atom stereocenters. The SMILES string of the molecule is Cc1cc(NC(=O)Nc2cccc(C(=O)O)c2)no1. The van der Waals surface area contributed by atoms with Crippen molar-refractivity contribution in [2.75, 3.05) is 10.6 Å². The lowest BCUT2D eigenvalue weighted by atomic mass is 10.2. The Balaban J connectivity index is 2.02. The number of benzene rings is 1. The largest absolute Gasteiger partial charge is 0.478 e. The minimum atomic E-state index is -1.06. The Kier molecular flexibility index (Phi) is 3.46. The van der Waals surface area contributed by atoms with Crippen molar-refractivity contribution in [1.29, 1.82) is 0 Å². The Morgan fingerprint density at radius 1 is 1.26 bits per heavy atom. The van der Waals surface area contributed by atoms with E-state index >= 15 is 0 Å². The molecule has 7 heteroatoms. The molecule has 1 aromatic heterocycles. The second kappa shape index (κ2) is 5.21. The van der Waals surface area contributed by atoms with Crippen molar-refractivity contribution in [1.82, 2.24) is 5.16 Å². The highest BCUT2D eigenvalue weighted by Crippen LogP contribution is 2.12. The van der Waals surface area contributed by atoms with Gasteiger partial charge in [0.15, 0.2) is 5.82 Å². The van der Waals surface area contributed by atoms with Crippen molar-refractivity contribution in [3.8, 4) is 0 Å². The first-order valence-electron chi connectivity index (χ1n) is 5.39. The van der Waals surface area contributed by atoms with E-state index in [0.717, 1.165) is 0 Å². The average molecular weight is 261 g/mol. The maximum absolute atomic E-state index is 11.6. The summed E-state index contributed by atoms with van der Waals surface area (Å²) in [6.45, 7) is 1.70. The zero-order chi connectivity index (χ0) is 13.8. The van der Waals surface area contributed by atoms with Crippen molar-refractivity contribution in [2.45, 2.75) is 6.92 Å². The van der Waals surface area contributed by atoms with E-state index in [1.165, 1.54) is 12.1 Å². The van der Waals surface area contributed by atoms with Crippen LogP contribution < -0.4 is 10.6 Å². The van der Waals surface area contributed by atoms with Crippen molar-refractivity contribution in [2.24, 2.45) is 0 Å². The van der Waals surface area contributed by atoms with Crippen LogP contribution in [-0.4, -0.2) is 22.3 Å². The zero-order valence-corrected chi connectivity index (χ0v) is 10.0. The summed E-state index contributed by atoms with van der Waals surface area (Å²) in [4.78, 5) is 22.4. The van der Waals surface area contributed by atoms with Gasteiger partial charge < -0.3 is 14.9 Å². The summed E-state index contributed by atoms with van der Waals surface area (Å²) in [5.74, 6) is -0.205. The molecular formula is C12H11N3O4. The molecule has 0 aliphatic rings. The number of urea groups is 1. The van der Waals surface area contributed by atoms with Gasteiger partial charge in [0, 0.05) is 11.8 Å². The van der Waals surface area contributed by atoms with Crippen LogP contribution in [0.15, 0.2) is 34.9 Å². The molecule has 98 valence electrons. The number of hydrogen-bond acceptors (Lipinski definition) is 4. The number of amides is 2. The maximum Gasteiger partial charge on any atom is 0.335 e. The Bertz CT molecular complexity index is 621. The molecule has 0 radical (unpaired) electrons. The highest BCUT2D eigenvalue weighted by molar-refractivity contribution is 6.00. The molecule has 7 nitrogen and oxygen atoms in total. The Morgan fingerprint density at radius 3 is 2.68 bits per heavy atom. The van der Waals surface area contributed by atoms with Crippen LogP contribution in [0.1, 0.15) is 16.1 Å². The van der Waals surface area contributed by atoms with E-state index in [1.54, 1.807) is 25.1 Å². The number of nitrogens with one attached hydrogen (secondary N) is 2. The van der Waals surface area contributed by atoms with E-state index < -0.39 is 12.0 Å². The number of carboxylic acid groups (broad SMARTS) is 1. The fourth-order valence-corrected chi connectivity index (χ4v) is 1.43. The number of aromatic carboxylic acids is 1. The normalized spacial score (nSPS) is 9.95. The molecule has 1 heterocycles. The Morgan fingerprint density at radius 2 is 2.05 bits per heavy atom. The van der Waals surface area contributed by atoms with Gasteiger partial charge in [0.2, 0.25) is 0 Å². The third-order valence-corrected chi connectivity index (χ3v) is 2.24. The lowest BCUT2D eigenvalue weighted by Gasteiger charge is -2.05. The molecule has 0 saturated heterocycles. The number of carbonyl (C=O) groups excluding carboxylic acids is 1. The van der Waals surface area contributed by atoms with Crippen LogP contribution in [0.3, 0.4) is 0 Å². The molecule has 0 saturated carbocycles. The zero-order valence-electron chi connectivity index (χ0n) is 10.0. The van der Waals surface area contributed by atoms with Gasteiger partial charge in [0.1, 0.15) is 5.76 Å². The van der Waals surface area contributed by atoms with Gasteiger partial charge in [0.25, 0.3) is 0 Å². The predicted octanol–water partition coefficient (Wildman–Crippen LogP) is 2.33. The first kappa shape index (κ1) is 12.6. The van der Waals surface area contributed by atoms with E-state index in [9.17, 15) is 9.59 Å². The highest BCUT2D eigenvalue weighted by Gasteiger charge is 2.08. The molecular weight excluding hydrogens is 250 g/mol. The lowest BCUT2D eigenvalue weighted by molar-refractivity contribution is 0.0697. The third kappa shape index (κ3) is 3.32. The van der Waals surface area contributed by atoms with Crippen LogP contribution in [0, 0.1) is 6.92 Å². The molecule has 1 aromatic carbocycles. The molecule has 3 N–H and O–H groups in total. The summed E-state index contributed by atoms with van der Waals surface area (Å²) in [5, 5.41) is 17.4. The van der Waals surface area contributed by atoms with Gasteiger partial charge in [-0.1, -0.05) is 11.2 Å². The summed E-state index contributed by atoms with van der Waals surface area (Å²) >= 11 is 0. The van der Waals surface area contributed by atoms with Crippen LogP contribution >= 0.6 is 0 Å². The molecule has 19 heavy (non-hydrogen) atoms. The van der Waals surface area contributed by atoms with Crippen LogP contribution in [0.25, 0.3) is 0 Å². The molecule has 2 aromatic rings. The summed E-state index contributed by atoms with van der Waals surface area (Å²) in [6.07, 6.45) is 0. The smallest absolute Gasteiger partial charge is 0.335 e. The monoisotopic (exact) mass is 261 g/mol. The van der Waals surface area contributed by atoms with Crippen molar-refractivity contribution < 1.29 is 19.2 Å². The van der Waals surface area contributed by atoms with Gasteiger partial charge in [-0.3, -0.25) is 5.32 Å². The number of aromatic nitrogens is 1. The van der Waals surface area contributed by atoms with Gasteiger partial charge in [-0.15, -0.1) is 0 Å². The number of aryl methyl sites for hydroxylation is 1. The number of nitrogens with zero attached hydrogens (tertiary/aromatic N) is 1. The van der Waals surface area contributed by atoms with E-state index in [2.05, 4.69) is 15.8 Å². The van der Waals surface area contributed by atoms with E-state index in [0.29, 0.717) is 11.4 Å². The first-order chi connectivity index (χ1) is 9.04. The minimum absolute atomic E-state index is 0.0927. The van der Waals surface area contributed by atoms with Crippen molar-refractivity contribution in [3.63, 3.8) is 0 Å². The molecule has 2 amide bonds. The maximum atomic E-state index is 11.6. The summed E-state index contributed by atoms with van der Waals surface area (Å²) in [5.41, 5.74) is 0.465. The fraction of sp³-hybridized carbons (Fsp3) is 0.0833. The Labute approximate surface area is 108 Å². The van der Waals surface area contributed by atoms with Crippen LogP contribution in [0.4, 0.5) is 16.3 Å². The van der Waals surface area contributed by atoms with Crippen LogP contribution in [0.2, 0.25) is 0 Å². The van der Waals surface area contributed by atoms with Crippen molar-refractivity contribution in [3.05, 3.63) is 41.7 Å². The van der Waals surface area contributed by atoms with Crippen molar-refractivity contribution >= 4 is 23.5 Å². The van der Waals surface area contributed by atoms with Gasteiger partial charge >= 0.3 is 12.0 Å². The van der Waals surface area contributed by atoms with E-state index in [4.69, 9.17) is 9.63 Å². The number of carbonyl (C=O) groups is 2. The topological polar surface area (TPSA) is 104 Å². The number of hydrogen-bond donors (Lipinski definition) is 3. The molecule has 0 unspecified atom stereocenters. The van der Waals surface area contributed by atoms with Crippen LogP contribution in [-0.2, 0) is 0 Å². The second-order valence-electron chi connectivity index (χ2n) is 3.79. The summed E-state index contributed by atoms with van der Waals surface area (Å²) < 4.78 is 4.80. The highest BCUT2D eigenvalue weighted by atomic mass is 16.5. The molecule has 2 rings (SSSR count). The second-order valence-corrected chi connectivity index (χ2v) is 3.79. The molecule has 0 aliphatic carbocycles. The first-order valence-corrected chi connectivity index (χ1v) is 5.39. The van der Waals surface area contributed by atoms with Crippen LogP contribution in [0.5, 0.6) is 0 Å². The van der Waals surface area contributed by atoms with E-state index in [1.807, 2.05) is 0 Å². The van der Waals surface area contributed by atoms with E-state index in [-0.39, 0.29) is 11.4 Å². The quantitative estimate of drug-likeness (QED) is 0.786. The summed E-state index contributed by atoms with van der Waals surface area (Å²) in [6, 6.07) is 6.95. The van der Waals surface area contributed by atoms with Gasteiger partial charge in [-0.2, -0.15) is 0 Å². The van der Waals surface area contributed by atoms with Gasteiger partial charge in [-0.25, -0.2) is 9.59 Å².